The van der Waals surface area contributed by atoms with Crippen molar-refractivity contribution in [2.75, 3.05) is 44.6 Å². The number of nitrogens with two attached hydrogens (primary N) is 1. The van der Waals surface area contributed by atoms with Gasteiger partial charge in [-0.25, -0.2) is 9.18 Å². The van der Waals surface area contributed by atoms with Crippen LogP contribution in [-0.2, 0) is 9.53 Å². The lowest BCUT2D eigenvalue weighted by atomic mass is 10.1. The van der Waals surface area contributed by atoms with Crippen LogP contribution in [0, 0.1) is 12.7 Å². The van der Waals surface area contributed by atoms with E-state index >= 15 is 0 Å². The molecule has 3 N–H and O–H groups in total. The van der Waals surface area contributed by atoms with E-state index in [1.54, 1.807) is 24.8 Å². The Bertz CT molecular complexity index is 1080. The fourth-order valence-corrected chi connectivity index (χ4v) is 4.63. The van der Waals surface area contributed by atoms with Gasteiger partial charge in [-0.2, -0.15) is 0 Å². The first-order chi connectivity index (χ1) is 15.7. The van der Waals surface area contributed by atoms with Crippen molar-refractivity contribution in [1.82, 2.24) is 9.80 Å². The maximum Gasteiger partial charge on any atom is 0.341 e. The zero-order valence-electron chi connectivity index (χ0n) is 18.4. The van der Waals surface area contributed by atoms with Crippen LogP contribution in [0.25, 0.3) is 0 Å². The summed E-state index contributed by atoms with van der Waals surface area (Å²) in [7, 11) is 0. The van der Waals surface area contributed by atoms with Crippen LogP contribution in [0.4, 0.5) is 9.39 Å². The minimum Gasteiger partial charge on any atom is -0.462 e. The molecular weight excluding hydrogens is 451 g/mol. The molecule has 1 aliphatic heterocycles. The number of amides is 3. The van der Waals surface area contributed by atoms with Crippen LogP contribution in [-0.4, -0.2) is 72.8 Å². The Kier molecular flexibility index (Phi) is 7.77. The van der Waals surface area contributed by atoms with Gasteiger partial charge in [-0.05, 0) is 31.5 Å². The van der Waals surface area contributed by atoms with Gasteiger partial charge in [0.05, 0.1) is 29.2 Å². The molecule has 1 aromatic heterocycles. The highest BCUT2D eigenvalue weighted by atomic mass is 32.1. The Morgan fingerprint density at radius 2 is 1.82 bits per heavy atom. The van der Waals surface area contributed by atoms with E-state index in [4.69, 9.17) is 10.5 Å². The molecule has 0 aliphatic carbocycles. The average Bonchev–Trinajstić information content (AvgIpc) is 3.10. The van der Waals surface area contributed by atoms with Crippen LogP contribution in [0.15, 0.2) is 24.3 Å². The normalized spacial score (nSPS) is 14.1. The Hall–Kier alpha value is -3.31. The standard InChI is InChI=1S/C22H25FN4O5S/c1-3-32-22(31)17-13(2)18(19(24)29)33-20(17)25-16(28)12-26-8-10-27(11-9-26)21(30)14-6-4-5-7-15(14)23/h4-7H,3,8-12H2,1-2H3,(H2,24,29)(H,25,28). The highest BCUT2D eigenvalue weighted by Crippen LogP contribution is 2.33. The molecule has 1 aromatic carbocycles. The summed E-state index contributed by atoms with van der Waals surface area (Å²) in [6.07, 6.45) is 0. The number of carbonyl (C=O) groups excluding carboxylic acids is 4. The third-order valence-electron chi connectivity index (χ3n) is 5.23. The lowest BCUT2D eigenvalue weighted by molar-refractivity contribution is -0.117. The molecule has 1 fully saturated rings. The van der Waals surface area contributed by atoms with Gasteiger partial charge in [-0.1, -0.05) is 12.1 Å². The van der Waals surface area contributed by atoms with Crippen molar-refractivity contribution >= 4 is 40.0 Å². The summed E-state index contributed by atoms with van der Waals surface area (Å²) >= 11 is 0.928. The molecule has 0 atom stereocenters. The van der Waals surface area contributed by atoms with Crippen molar-refractivity contribution in [3.05, 3.63) is 51.7 Å². The number of ether oxygens (including phenoxy) is 1. The fourth-order valence-electron chi connectivity index (χ4n) is 3.57. The van der Waals surface area contributed by atoms with Crippen molar-refractivity contribution in [1.29, 1.82) is 0 Å². The molecule has 11 heteroatoms. The molecule has 1 aliphatic rings. The number of nitrogens with one attached hydrogen (secondary N) is 1. The van der Waals surface area contributed by atoms with Crippen LogP contribution in [0.3, 0.4) is 0 Å². The Morgan fingerprint density at radius 1 is 1.15 bits per heavy atom. The van der Waals surface area contributed by atoms with Crippen LogP contribution >= 0.6 is 11.3 Å². The van der Waals surface area contributed by atoms with Crippen molar-refractivity contribution in [3.63, 3.8) is 0 Å². The molecule has 3 amide bonds. The number of halogens is 1. The van der Waals surface area contributed by atoms with E-state index in [9.17, 15) is 23.6 Å². The summed E-state index contributed by atoms with van der Waals surface area (Å²) in [5.74, 6) is -2.67. The summed E-state index contributed by atoms with van der Waals surface area (Å²) in [5.41, 5.74) is 5.88. The SMILES string of the molecule is CCOC(=O)c1c(NC(=O)CN2CCN(C(=O)c3ccccc3F)CC2)sc(C(N)=O)c1C. The zero-order chi connectivity index (χ0) is 24.1. The summed E-state index contributed by atoms with van der Waals surface area (Å²) in [5, 5.41) is 2.89. The van der Waals surface area contributed by atoms with Gasteiger partial charge in [0, 0.05) is 26.2 Å². The molecule has 1 saturated heterocycles. The maximum atomic E-state index is 13.9. The molecule has 0 saturated carbocycles. The second kappa shape index (κ2) is 10.5. The highest BCUT2D eigenvalue weighted by Gasteiger charge is 2.28. The van der Waals surface area contributed by atoms with Gasteiger partial charge in [0.15, 0.2) is 0 Å². The van der Waals surface area contributed by atoms with Gasteiger partial charge in [0.25, 0.3) is 11.8 Å². The molecule has 176 valence electrons. The van der Waals surface area contributed by atoms with Gasteiger partial charge in [-0.3, -0.25) is 19.3 Å². The molecule has 3 rings (SSSR count). The highest BCUT2D eigenvalue weighted by molar-refractivity contribution is 7.18. The number of primary amides is 1. The molecule has 0 bridgehead atoms. The Morgan fingerprint density at radius 3 is 2.42 bits per heavy atom. The Balaban J connectivity index is 1.62. The van der Waals surface area contributed by atoms with Crippen molar-refractivity contribution in [2.24, 2.45) is 5.73 Å². The van der Waals surface area contributed by atoms with Gasteiger partial charge >= 0.3 is 5.97 Å². The second-order valence-corrected chi connectivity index (χ2v) is 8.46. The van der Waals surface area contributed by atoms with Gasteiger partial charge in [-0.15, -0.1) is 11.3 Å². The molecule has 33 heavy (non-hydrogen) atoms. The maximum absolute atomic E-state index is 13.9. The molecule has 9 nitrogen and oxygen atoms in total. The smallest absolute Gasteiger partial charge is 0.341 e. The van der Waals surface area contributed by atoms with E-state index in [2.05, 4.69) is 5.32 Å². The van der Waals surface area contributed by atoms with Gasteiger partial charge in [0.2, 0.25) is 5.91 Å². The van der Waals surface area contributed by atoms with E-state index in [0.29, 0.717) is 31.7 Å². The van der Waals surface area contributed by atoms with Crippen molar-refractivity contribution < 1.29 is 28.3 Å². The molecule has 0 radical (unpaired) electrons. The number of esters is 1. The first-order valence-electron chi connectivity index (χ1n) is 10.4. The number of rotatable bonds is 7. The largest absolute Gasteiger partial charge is 0.462 e. The predicted octanol–water partition coefficient (Wildman–Crippen LogP) is 1.87. The number of nitrogens with zero attached hydrogens (tertiary/aromatic N) is 2. The summed E-state index contributed by atoms with van der Waals surface area (Å²) in [6, 6.07) is 5.82. The van der Waals surface area contributed by atoms with E-state index in [-0.39, 0.29) is 46.0 Å². The quantitative estimate of drug-likeness (QED) is 0.589. The number of piperazine rings is 1. The molecule has 0 unspecified atom stereocenters. The van der Waals surface area contributed by atoms with Gasteiger partial charge in [0.1, 0.15) is 10.8 Å². The van der Waals surface area contributed by atoms with Crippen molar-refractivity contribution in [3.8, 4) is 0 Å². The van der Waals surface area contributed by atoms with E-state index in [1.165, 1.54) is 18.2 Å². The number of hydrogen-bond donors (Lipinski definition) is 2. The molecule has 2 heterocycles. The van der Waals surface area contributed by atoms with E-state index in [1.807, 2.05) is 4.90 Å². The summed E-state index contributed by atoms with van der Waals surface area (Å²) in [4.78, 5) is 52.8. The summed E-state index contributed by atoms with van der Waals surface area (Å²) in [6.45, 7) is 4.93. The minimum absolute atomic E-state index is 0.0207. The van der Waals surface area contributed by atoms with Crippen LogP contribution in [0.2, 0.25) is 0 Å². The first-order valence-corrected chi connectivity index (χ1v) is 11.2. The number of benzene rings is 1. The predicted molar refractivity (Wildman–Crippen MR) is 121 cm³/mol. The van der Waals surface area contributed by atoms with Crippen LogP contribution in [0.1, 0.15) is 42.9 Å². The number of carbonyl (C=O) groups is 4. The average molecular weight is 477 g/mol. The summed E-state index contributed by atoms with van der Waals surface area (Å²) < 4.78 is 18.9. The minimum atomic E-state index is -0.695. The van der Waals surface area contributed by atoms with Gasteiger partial charge < -0.3 is 20.7 Å². The molecule has 0 spiro atoms. The zero-order valence-corrected chi connectivity index (χ0v) is 19.2. The Labute approximate surface area is 194 Å². The van der Waals surface area contributed by atoms with E-state index < -0.39 is 17.7 Å². The molecule has 2 aromatic rings. The third kappa shape index (κ3) is 5.55. The lowest BCUT2D eigenvalue weighted by Gasteiger charge is -2.34. The van der Waals surface area contributed by atoms with Crippen molar-refractivity contribution in [2.45, 2.75) is 13.8 Å². The number of hydrogen-bond acceptors (Lipinski definition) is 7. The van der Waals surface area contributed by atoms with E-state index in [0.717, 1.165) is 11.3 Å². The molecular formula is C22H25FN4O5S. The van der Waals surface area contributed by atoms with Crippen LogP contribution in [0.5, 0.6) is 0 Å². The number of anilines is 1. The first kappa shape index (κ1) is 24.3. The van der Waals surface area contributed by atoms with Crippen LogP contribution < -0.4 is 11.1 Å². The lowest BCUT2D eigenvalue weighted by Crippen LogP contribution is -2.50. The second-order valence-electron chi connectivity index (χ2n) is 7.44. The topological polar surface area (TPSA) is 122 Å². The fraction of sp³-hybridized carbons (Fsp3) is 0.364. The number of thiophene rings is 1. The third-order valence-corrected chi connectivity index (χ3v) is 6.46. The monoisotopic (exact) mass is 476 g/mol.